The van der Waals surface area contributed by atoms with Crippen LogP contribution in [-0.2, 0) is 14.3 Å². The Bertz CT molecular complexity index is 280. The van der Waals surface area contributed by atoms with Crippen LogP contribution in [0.4, 0.5) is 0 Å². The minimum Gasteiger partial charge on any atom is -0.481 e. The van der Waals surface area contributed by atoms with Gasteiger partial charge in [-0.15, -0.1) is 11.8 Å². The van der Waals surface area contributed by atoms with Gasteiger partial charge < -0.3 is 15.2 Å². The molecule has 0 radical (unpaired) electrons. The van der Waals surface area contributed by atoms with Crippen molar-refractivity contribution in [1.29, 1.82) is 0 Å². The number of carbonyl (C=O) groups is 2. The Morgan fingerprint density at radius 3 is 2.74 bits per heavy atom. The number of hydrogen-bond acceptors (Lipinski definition) is 4. The zero-order chi connectivity index (χ0) is 13.9. The second-order valence-corrected chi connectivity index (χ2v) is 5.85. The van der Waals surface area contributed by atoms with Crippen molar-refractivity contribution in [2.24, 2.45) is 5.92 Å². The highest BCUT2D eigenvalue weighted by Crippen LogP contribution is 2.20. The second-order valence-electron chi connectivity index (χ2n) is 4.74. The van der Waals surface area contributed by atoms with Gasteiger partial charge in [0.15, 0.2) is 0 Å². The summed E-state index contributed by atoms with van der Waals surface area (Å²) < 4.78 is 5.30. The van der Waals surface area contributed by atoms with Crippen LogP contribution >= 0.6 is 11.8 Å². The van der Waals surface area contributed by atoms with Crippen molar-refractivity contribution in [1.82, 2.24) is 5.32 Å². The van der Waals surface area contributed by atoms with Crippen LogP contribution in [0.5, 0.6) is 0 Å². The largest absolute Gasteiger partial charge is 0.481 e. The molecule has 1 fully saturated rings. The van der Waals surface area contributed by atoms with Crippen molar-refractivity contribution in [3.05, 3.63) is 0 Å². The maximum Gasteiger partial charge on any atom is 0.313 e. The molecule has 0 aliphatic carbocycles. The van der Waals surface area contributed by atoms with E-state index in [1.165, 1.54) is 11.8 Å². The van der Waals surface area contributed by atoms with Gasteiger partial charge in [-0.2, -0.15) is 0 Å². The van der Waals surface area contributed by atoms with Crippen molar-refractivity contribution >= 4 is 23.6 Å². The molecule has 1 aliphatic rings. The number of carbonyl (C=O) groups excluding carboxylic acids is 1. The lowest BCUT2D eigenvalue weighted by molar-refractivity contribution is -0.133. The monoisotopic (exact) mass is 289 g/mol. The first-order valence-electron chi connectivity index (χ1n) is 6.82. The van der Waals surface area contributed by atoms with Crippen LogP contribution in [0, 0.1) is 5.92 Å². The molecule has 0 aromatic heterocycles. The van der Waals surface area contributed by atoms with Gasteiger partial charge in [-0.3, -0.25) is 9.59 Å². The fourth-order valence-electron chi connectivity index (χ4n) is 2.10. The van der Waals surface area contributed by atoms with Gasteiger partial charge >= 0.3 is 5.97 Å². The first kappa shape index (κ1) is 16.3. The van der Waals surface area contributed by atoms with Gasteiger partial charge in [0.25, 0.3) is 0 Å². The van der Waals surface area contributed by atoms with Crippen LogP contribution < -0.4 is 5.32 Å². The van der Waals surface area contributed by atoms with Crippen molar-refractivity contribution in [2.75, 3.05) is 31.3 Å². The molecular formula is C13H23NO4S. The van der Waals surface area contributed by atoms with Gasteiger partial charge in [-0.1, -0.05) is 0 Å². The molecule has 110 valence electrons. The van der Waals surface area contributed by atoms with Gasteiger partial charge in [0.2, 0.25) is 5.91 Å². The predicted octanol–water partition coefficient (Wildman–Crippen LogP) is 1.52. The lowest BCUT2D eigenvalue weighted by Gasteiger charge is -2.21. The zero-order valence-corrected chi connectivity index (χ0v) is 12.0. The minimum absolute atomic E-state index is 0.0722. The molecule has 0 saturated carbocycles. The van der Waals surface area contributed by atoms with Crippen molar-refractivity contribution in [3.8, 4) is 0 Å². The summed E-state index contributed by atoms with van der Waals surface area (Å²) in [5.41, 5.74) is 0. The maximum atomic E-state index is 11.5. The van der Waals surface area contributed by atoms with Crippen LogP contribution in [0.15, 0.2) is 0 Å². The second kappa shape index (κ2) is 10.1. The number of carboxylic acids is 1. The number of aliphatic carboxylic acids is 1. The van der Waals surface area contributed by atoms with Gasteiger partial charge in [0.1, 0.15) is 0 Å². The first-order valence-corrected chi connectivity index (χ1v) is 7.98. The highest BCUT2D eigenvalue weighted by molar-refractivity contribution is 7.99. The Hall–Kier alpha value is -0.750. The average molecular weight is 289 g/mol. The smallest absolute Gasteiger partial charge is 0.313 e. The van der Waals surface area contributed by atoms with Crippen LogP contribution in [-0.4, -0.2) is 48.2 Å². The Balaban J connectivity index is 1.91. The lowest BCUT2D eigenvalue weighted by atomic mass is 9.94. The summed E-state index contributed by atoms with van der Waals surface area (Å²) in [5, 5.41) is 11.3. The summed E-state index contributed by atoms with van der Waals surface area (Å²) in [4.78, 5) is 21.8. The van der Waals surface area contributed by atoms with Crippen LogP contribution in [0.2, 0.25) is 0 Å². The van der Waals surface area contributed by atoms with Crippen LogP contribution in [0.1, 0.15) is 32.1 Å². The van der Waals surface area contributed by atoms with E-state index in [4.69, 9.17) is 9.84 Å². The van der Waals surface area contributed by atoms with E-state index in [1.807, 2.05) is 0 Å². The molecule has 1 heterocycles. The molecule has 0 unspecified atom stereocenters. The molecule has 5 nitrogen and oxygen atoms in total. The Kier molecular flexibility index (Phi) is 8.66. The number of carboxylic acid groups (broad SMARTS) is 1. The van der Waals surface area contributed by atoms with E-state index >= 15 is 0 Å². The van der Waals surface area contributed by atoms with E-state index < -0.39 is 5.97 Å². The zero-order valence-electron chi connectivity index (χ0n) is 11.2. The number of rotatable bonds is 9. The van der Waals surface area contributed by atoms with E-state index in [2.05, 4.69) is 5.32 Å². The SMILES string of the molecule is O=C(O)CSCCNC(=O)CCCC1CCOCC1. The molecular weight excluding hydrogens is 266 g/mol. The standard InChI is InChI=1S/C13H23NO4S/c15-12(14-6-9-19-10-13(16)17)3-1-2-11-4-7-18-8-5-11/h11H,1-10H2,(H,14,15)(H,16,17). The Morgan fingerprint density at radius 1 is 1.32 bits per heavy atom. The molecule has 0 atom stereocenters. The van der Waals surface area contributed by atoms with E-state index in [1.54, 1.807) is 0 Å². The summed E-state index contributed by atoms with van der Waals surface area (Å²) in [6.07, 6.45) is 4.84. The molecule has 0 aromatic carbocycles. The molecule has 0 aromatic rings. The number of ether oxygens (including phenoxy) is 1. The minimum atomic E-state index is -0.812. The molecule has 1 amide bonds. The number of amides is 1. The predicted molar refractivity (Wildman–Crippen MR) is 75.4 cm³/mol. The Morgan fingerprint density at radius 2 is 2.05 bits per heavy atom. The molecule has 1 saturated heterocycles. The average Bonchev–Trinajstić information content (AvgIpc) is 2.39. The van der Waals surface area contributed by atoms with Crippen molar-refractivity contribution in [2.45, 2.75) is 32.1 Å². The molecule has 2 N–H and O–H groups in total. The van der Waals surface area contributed by atoms with E-state index in [-0.39, 0.29) is 11.7 Å². The van der Waals surface area contributed by atoms with E-state index in [0.717, 1.165) is 38.9 Å². The molecule has 19 heavy (non-hydrogen) atoms. The molecule has 0 spiro atoms. The fraction of sp³-hybridized carbons (Fsp3) is 0.846. The topological polar surface area (TPSA) is 75.6 Å². The molecule has 1 aliphatic heterocycles. The first-order chi connectivity index (χ1) is 9.18. The molecule has 0 bridgehead atoms. The quantitative estimate of drug-likeness (QED) is 0.629. The van der Waals surface area contributed by atoms with Gasteiger partial charge in [0, 0.05) is 31.9 Å². The number of hydrogen-bond donors (Lipinski definition) is 2. The van der Waals surface area contributed by atoms with Gasteiger partial charge in [-0.25, -0.2) is 0 Å². The molecule has 1 rings (SSSR count). The summed E-state index contributed by atoms with van der Waals surface area (Å²) in [7, 11) is 0. The summed E-state index contributed by atoms with van der Waals surface area (Å²) in [6.45, 7) is 2.27. The van der Waals surface area contributed by atoms with Crippen molar-refractivity contribution in [3.63, 3.8) is 0 Å². The maximum absolute atomic E-state index is 11.5. The normalized spacial score (nSPS) is 16.2. The Labute approximate surface area is 118 Å². The lowest BCUT2D eigenvalue weighted by Crippen LogP contribution is -2.26. The highest BCUT2D eigenvalue weighted by Gasteiger charge is 2.13. The summed E-state index contributed by atoms with van der Waals surface area (Å²) in [5.74, 6) is 0.723. The third-order valence-corrected chi connectivity index (χ3v) is 4.10. The van der Waals surface area contributed by atoms with Crippen LogP contribution in [0.3, 0.4) is 0 Å². The third-order valence-electron chi connectivity index (χ3n) is 3.15. The van der Waals surface area contributed by atoms with E-state index in [0.29, 0.717) is 24.6 Å². The summed E-state index contributed by atoms with van der Waals surface area (Å²) in [6, 6.07) is 0. The number of thioether (sulfide) groups is 1. The van der Waals surface area contributed by atoms with Crippen molar-refractivity contribution < 1.29 is 19.4 Å². The van der Waals surface area contributed by atoms with E-state index in [9.17, 15) is 9.59 Å². The van der Waals surface area contributed by atoms with Crippen LogP contribution in [0.25, 0.3) is 0 Å². The number of nitrogens with one attached hydrogen (secondary N) is 1. The molecule has 6 heteroatoms. The summed E-state index contributed by atoms with van der Waals surface area (Å²) >= 11 is 1.32. The van der Waals surface area contributed by atoms with Gasteiger partial charge in [-0.05, 0) is 31.6 Å². The fourth-order valence-corrected chi connectivity index (χ4v) is 2.66. The highest BCUT2D eigenvalue weighted by atomic mass is 32.2. The third kappa shape index (κ3) is 8.88. The van der Waals surface area contributed by atoms with Gasteiger partial charge in [0.05, 0.1) is 5.75 Å².